The van der Waals surface area contributed by atoms with E-state index in [-0.39, 0.29) is 18.2 Å². The minimum atomic E-state index is -0.589. The predicted octanol–water partition coefficient (Wildman–Crippen LogP) is 0.594. The van der Waals surface area contributed by atoms with Crippen molar-refractivity contribution >= 4 is 0 Å². The van der Waals surface area contributed by atoms with Crippen LogP contribution < -0.4 is 5.32 Å². The molecule has 0 spiro atoms. The Morgan fingerprint density at radius 3 is 2.59 bits per heavy atom. The number of pyridine rings is 2. The van der Waals surface area contributed by atoms with E-state index in [0.717, 1.165) is 24.4 Å². The maximum atomic E-state index is 11.1. The number of aromatic nitrogens is 2. The Hall–Kier alpha value is -1.90. The molecular formula is C20H26N4O3. The molecule has 4 rings (SSSR count). The van der Waals surface area contributed by atoms with E-state index in [1.165, 1.54) is 0 Å². The molecule has 4 heterocycles. The first kappa shape index (κ1) is 18.5. The highest BCUT2D eigenvalue weighted by molar-refractivity contribution is 5.07. The van der Waals surface area contributed by atoms with Gasteiger partial charge in [-0.15, -0.1) is 0 Å². The summed E-state index contributed by atoms with van der Waals surface area (Å²) in [5.74, 6) is 0. The Kier molecular flexibility index (Phi) is 5.75. The van der Waals surface area contributed by atoms with Gasteiger partial charge in [0.05, 0.1) is 30.5 Å². The maximum Gasteiger partial charge on any atom is 0.176 e. The van der Waals surface area contributed by atoms with Gasteiger partial charge >= 0.3 is 0 Å². The smallest absolute Gasteiger partial charge is 0.176 e. The van der Waals surface area contributed by atoms with E-state index in [0.29, 0.717) is 13.2 Å². The van der Waals surface area contributed by atoms with Crippen molar-refractivity contribution in [2.24, 2.45) is 0 Å². The van der Waals surface area contributed by atoms with Gasteiger partial charge in [-0.05, 0) is 31.3 Å². The van der Waals surface area contributed by atoms with E-state index >= 15 is 0 Å². The summed E-state index contributed by atoms with van der Waals surface area (Å²) in [5.41, 5.74) is 1.97. The van der Waals surface area contributed by atoms with Crippen LogP contribution in [0.5, 0.6) is 0 Å². The van der Waals surface area contributed by atoms with Crippen molar-refractivity contribution in [3.8, 4) is 0 Å². The zero-order chi connectivity index (χ0) is 18.6. The van der Waals surface area contributed by atoms with Gasteiger partial charge in [0.15, 0.2) is 6.29 Å². The van der Waals surface area contributed by atoms with Gasteiger partial charge in [-0.2, -0.15) is 0 Å². The molecule has 2 saturated heterocycles. The lowest BCUT2D eigenvalue weighted by Gasteiger charge is -2.42. The highest BCUT2D eigenvalue weighted by Crippen LogP contribution is 2.31. The third-order valence-electron chi connectivity index (χ3n) is 5.33. The van der Waals surface area contributed by atoms with Gasteiger partial charge in [-0.1, -0.05) is 12.1 Å². The molecule has 0 aliphatic carbocycles. The number of likely N-dealkylation sites (N-methyl/N-ethyl adjacent to an activating group) is 1. The molecule has 27 heavy (non-hydrogen) atoms. The molecule has 144 valence electrons. The minimum Gasteiger partial charge on any atom is -0.390 e. The molecule has 0 unspecified atom stereocenters. The third kappa shape index (κ3) is 4.17. The van der Waals surface area contributed by atoms with Crippen molar-refractivity contribution in [3.05, 3.63) is 60.2 Å². The summed E-state index contributed by atoms with van der Waals surface area (Å²) in [6.07, 6.45) is 3.25. The molecular weight excluding hydrogens is 344 g/mol. The molecule has 2 aromatic heterocycles. The second-order valence-electron chi connectivity index (χ2n) is 7.14. The Bertz CT molecular complexity index is 718. The van der Waals surface area contributed by atoms with E-state index in [9.17, 15) is 5.11 Å². The molecule has 2 aromatic rings. The first-order valence-electron chi connectivity index (χ1n) is 9.41. The van der Waals surface area contributed by atoms with E-state index in [1.807, 2.05) is 43.4 Å². The van der Waals surface area contributed by atoms with Crippen molar-refractivity contribution in [2.45, 2.75) is 43.5 Å². The van der Waals surface area contributed by atoms with E-state index in [4.69, 9.17) is 9.47 Å². The number of rotatable bonds is 7. The number of nitrogens with zero attached hydrogens (tertiary/aromatic N) is 3. The molecule has 7 nitrogen and oxygen atoms in total. The van der Waals surface area contributed by atoms with Crippen LogP contribution in [0.1, 0.15) is 11.4 Å². The number of hydrogen-bond acceptors (Lipinski definition) is 7. The van der Waals surface area contributed by atoms with Crippen LogP contribution in [-0.2, 0) is 22.4 Å². The fourth-order valence-corrected chi connectivity index (χ4v) is 3.83. The van der Waals surface area contributed by atoms with Crippen LogP contribution in [0.4, 0.5) is 0 Å². The molecule has 2 N–H and O–H groups in total. The van der Waals surface area contributed by atoms with Crippen LogP contribution in [0.15, 0.2) is 48.8 Å². The van der Waals surface area contributed by atoms with Gasteiger partial charge in [0.1, 0.15) is 6.10 Å². The van der Waals surface area contributed by atoms with Crippen LogP contribution >= 0.6 is 0 Å². The van der Waals surface area contributed by atoms with Crippen molar-refractivity contribution in [3.63, 3.8) is 0 Å². The first-order valence-corrected chi connectivity index (χ1v) is 9.41. The molecule has 0 aromatic carbocycles. The van der Waals surface area contributed by atoms with Crippen LogP contribution in [-0.4, -0.2) is 70.8 Å². The monoisotopic (exact) mass is 370 g/mol. The number of ether oxygens (including phenoxy) is 2. The number of aliphatic hydroxyl groups excluding tert-OH is 1. The lowest BCUT2D eigenvalue weighted by atomic mass is 9.94. The van der Waals surface area contributed by atoms with Crippen molar-refractivity contribution in [1.82, 2.24) is 20.2 Å². The predicted molar refractivity (Wildman–Crippen MR) is 99.8 cm³/mol. The van der Waals surface area contributed by atoms with E-state index in [2.05, 4.69) is 20.2 Å². The average Bonchev–Trinajstić information content (AvgIpc) is 3.13. The van der Waals surface area contributed by atoms with Gasteiger partial charge in [-0.3, -0.25) is 14.9 Å². The van der Waals surface area contributed by atoms with Crippen molar-refractivity contribution in [2.75, 3.05) is 20.2 Å². The highest BCUT2D eigenvalue weighted by Gasteiger charge is 2.51. The third-order valence-corrected chi connectivity index (χ3v) is 5.33. The molecule has 0 saturated carbocycles. The number of fused-ring (bicyclic) bond motifs is 2. The average molecular weight is 370 g/mol. The summed E-state index contributed by atoms with van der Waals surface area (Å²) >= 11 is 0. The standard InChI is InChI=1S/C20H26N4O3/c1-24(11-8-14-6-2-4-9-21-14)18-19(25)17(16-13-26-20(18)27-16)23-12-15-7-3-5-10-22-15/h2-7,9-10,16-20,23,25H,8,11-13H2,1H3/t16-,17+,18-,19-,20+/m0/s1. The topological polar surface area (TPSA) is 79.7 Å². The van der Waals surface area contributed by atoms with Crippen LogP contribution in [0.25, 0.3) is 0 Å². The van der Waals surface area contributed by atoms with Gasteiger partial charge in [0.2, 0.25) is 0 Å². The fourth-order valence-electron chi connectivity index (χ4n) is 3.83. The molecule has 7 heteroatoms. The SMILES string of the molecule is CN(CCc1ccccn1)[C@@H]1[C@@H]2OC[C@H](O2)[C@@H](NCc2ccccn2)[C@@H]1O. The molecule has 0 amide bonds. The molecule has 2 bridgehead atoms. The Morgan fingerprint density at radius 1 is 1.15 bits per heavy atom. The first-order chi connectivity index (χ1) is 13.2. The van der Waals surface area contributed by atoms with E-state index in [1.54, 1.807) is 12.4 Å². The number of aliphatic hydroxyl groups is 1. The maximum absolute atomic E-state index is 11.1. The van der Waals surface area contributed by atoms with Gasteiger partial charge in [0, 0.05) is 37.6 Å². The Labute approximate surface area is 159 Å². The second-order valence-corrected chi connectivity index (χ2v) is 7.14. The zero-order valence-electron chi connectivity index (χ0n) is 15.4. The van der Waals surface area contributed by atoms with Crippen LogP contribution in [0, 0.1) is 0 Å². The molecule has 0 radical (unpaired) electrons. The summed E-state index contributed by atoms with van der Waals surface area (Å²) in [4.78, 5) is 10.8. The quantitative estimate of drug-likeness (QED) is 0.739. The minimum absolute atomic E-state index is 0.144. The molecule has 5 atom stereocenters. The molecule has 2 aliphatic heterocycles. The lowest BCUT2D eigenvalue weighted by Crippen LogP contribution is -2.63. The molecule has 2 fully saturated rings. The number of nitrogens with one attached hydrogen (secondary N) is 1. The zero-order valence-corrected chi connectivity index (χ0v) is 15.4. The van der Waals surface area contributed by atoms with Gasteiger partial charge in [-0.25, -0.2) is 0 Å². The summed E-state index contributed by atoms with van der Waals surface area (Å²) < 4.78 is 11.9. The fraction of sp³-hybridized carbons (Fsp3) is 0.500. The van der Waals surface area contributed by atoms with Gasteiger partial charge < -0.3 is 19.9 Å². The molecule has 2 aliphatic rings. The normalized spacial score (nSPS) is 30.0. The highest BCUT2D eigenvalue weighted by atomic mass is 16.7. The van der Waals surface area contributed by atoms with Crippen molar-refractivity contribution in [1.29, 1.82) is 0 Å². The van der Waals surface area contributed by atoms with Crippen molar-refractivity contribution < 1.29 is 14.6 Å². The summed E-state index contributed by atoms with van der Waals surface area (Å²) in [6, 6.07) is 11.3. The van der Waals surface area contributed by atoms with Crippen LogP contribution in [0.3, 0.4) is 0 Å². The van der Waals surface area contributed by atoms with Crippen LogP contribution in [0.2, 0.25) is 0 Å². The van der Waals surface area contributed by atoms with E-state index < -0.39 is 12.4 Å². The summed E-state index contributed by atoms with van der Waals surface area (Å²) in [7, 11) is 2.00. The summed E-state index contributed by atoms with van der Waals surface area (Å²) in [5, 5.41) is 14.5. The lowest BCUT2D eigenvalue weighted by molar-refractivity contribution is -0.178. The van der Waals surface area contributed by atoms with Gasteiger partial charge in [0.25, 0.3) is 0 Å². The second kappa shape index (κ2) is 8.41. The number of hydrogen-bond donors (Lipinski definition) is 2. The largest absolute Gasteiger partial charge is 0.390 e. The summed E-state index contributed by atoms with van der Waals surface area (Å²) in [6.45, 7) is 1.84. The Balaban J connectivity index is 1.39. The Morgan fingerprint density at radius 2 is 1.89 bits per heavy atom.